The lowest BCUT2D eigenvalue weighted by Gasteiger charge is -2.36. The number of nitrogens with one attached hydrogen (secondary N) is 2. The summed E-state index contributed by atoms with van der Waals surface area (Å²) in [6, 6.07) is 7.28. The van der Waals surface area contributed by atoms with Gasteiger partial charge in [0.15, 0.2) is 0 Å². The molecule has 0 aliphatic carbocycles. The first kappa shape index (κ1) is 17.1. The van der Waals surface area contributed by atoms with Crippen LogP contribution in [-0.4, -0.2) is 58.4 Å². The van der Waals surface area contributed by atoms with E-state index in [-0.39, 0.29) is 18.5 Å². The number of ether oxygens (including phenoxy) is 1. The van der Waals surface area contributed by atoms with Crippen molar-refractivity contribution >= 4 is 23.3 Å². The predicted octanol–water partition coefficient (Wildman–Crippen LogP) is 0.804. The second-order valence-corrected chi connectivity index (χ2v) is 5.71. The first-order chi connectivity index (χ1) is 11.0. The van der Waals surface area contributed by atoms with Gasteiger partial charge in [0.2, 0.25) is 5.91 Å². The fourth-order valence-corrected chi connectivity index (χ4v) is 2.62. The number of nitrogens with zero attached hydrogens (tertiary/aromatic N) is 2. The molecule has 7 heteroatoms. The maximum absolute atomic E-state index is 12.1. The van der Waals surface area contributed by atoms with Gasteiger partial charge in [-0.1, -0.05) is 12.1 Å². The minimum Gasteiger partial charge on any atom is -0.383 e. The van der Waals surface area contributed by atoms with Crippen molar-refractivity contribution in [2.24, 2.45) is 0 Å². The highest BCUT2D eigenvalue weighted by Gasteiger charge is 2.22. The van der Waals surface area contributed by atoms with Crippen molar-refractivity contribution < 1.29 is 14.3 Å². The number of urea groups is 1. The number of fused-ring (bicyclic) bond motifs is 1. The van der Waals surface area contributed by atoms with E-state index in [2.05, 4.69) is 15.5 Å². The van der Waals surface area contributed by atoms with Crippen LogP contribution in [0.4, 0.5) is 16.2 Å². The highest BCUT2D eigenvalue weighted by molar-refractivity contribution is 5.97. The number of rotatable bonds is 5. The van der Waals surface area contributed by atoms with Crippen LogP contribution in [0.25, 0.3) is 0 Å². The predicted molar refractivity (Wildman–Crippen MR) is 89.9 cm³/mol. The number of carbonyl (C=O) groups is 2. The van der Waals surface area contributed by atoms with Gasteiger partial charge in [-0.15, -0.1) is 0 Å². The molecule has 0 saturated heterocycles. The van der Waals surface area contributed by atoms with Crippen molar-refractivity contribution in [1.82, 2.24) is 10.6 Å². The lowest BCUT2D eigenvalue weighted by atomic mass is 10.2. The molecule has 0 bridgehead atoms. The van der Waals surface area contributed by atoms with Gasteiger partial charge in [0.1, 0.15) is 0 Å². The van der Waals surface area contributed by atoms with Crippen LogP contribution in [0.2, 0.25) is 0 Å². The van der Waals surface area contributed by atoms with Crippen molar-refractivity contribution in [2.45, 2.75) is 13.0 Å². The number of hydrogen-bond acceptors (Lipinski definition) is 5. The highest BCUT2D eigenvalue weighted by Crippen LogP contribution is 2.31. The molecular weight excluding hydrogens is 296 g/mol. The minimum atomic E-state index is -0.498. The third kappa shape index (κ3) is 4.59. The van der Waals surface area contributed by atoms with Crippen molar-refractivity contribution in [3.8, 4) is 0 Å². The topological polar surface area (TPSA) is 73.9 Å². The highest BCUT2D eigenvalue weighted by atomic mass is 16.5. The van der Waals surface area contributed by atoms with Gasteiger partial charge in [-0.3, -0.25) is 10.1 Å². The van der Waals surface area contributed by atoms with E-state index in [9.17, 15) is 9.59 Å². The Bertz CT molecular complexity index is 564. The molecule has 2 rings (SSSR count). The lowest BCUT2D eigenvalue weighted by Crippen LogP contribution is -2.49. The van der Waals surface area contributed by atoms with E-state index in [0.717, 1.165) is 24.5 Å². The monoisotopic (exact) mass is 320 g/mol. The average molecular weight is 320 g/mol. The van der Waals surface area contributed by atoms with E-state index in [1.807, 2.05) is 43.1 Å². The summed E-state index contributed by atoms with van der Waals surface area (Å²) >= 11 is 0. The Balaban J connectivity index is 1.91. The number of anilines is 2. The summed E-state index contributed by atoms with van der Waals surface area (Å²) in [5.41, 5.74) is 2.09. The largest absolute Gasteiger partial charge is 0.383 e. The van der Waals surface area contributed by atoms with Gasteiger partial charge in [0, 0.05) is 27.2 Å². The SMILES string of the molecule is COC[C@@H](C)NC(=O)NC(=O)CN1CCN(C)c2ccccc21. The van der Waals surface area contributed by atoms with Crippen LogP contribution in [0.5, 0.6) is 0 Å². The van der Waals surface area contributed by atoms with Crippen LogP contribution in [0.15, 0.2) is 24.3 Å². The molecule has 1 aromatic rings. The molecule has 126 valence electrons. The maximum atomic E-state index is 12.1. The van der Waals surface area contributed by atoms with Crippen LogP contribution in [0.3, 0.4) is 0 Å². The summed E-state index contributed by atoms with van der Waals surface area (Å²) in [6.07, 6.45) is 0. The molecule has 2 N–H and O–H groups in total. The number of likely N-dealkylation sites (N-methyl/N-ethyl adjacent to an activating group) is 1. The van der Waals surface area contributed by atoms with E-state index in [0.29, 0.717) is 6.61 Å². The molecule has 0 fully saturated rings. The van der Waals surface area contributed by atoms with E-state index in [1.54, 1.807) is 7.11 Å². The Kier molecular flexibility index (Phi) is 5.81. The fraction of sp³-hybridized carbons (Fsp3) is 0.500. The molecule has 3 amide bonds. The molecule has 0 aromatic heterocycles. The number of imide groups is 1. The average Bonchev–Trinajstić information content (AvgIpc) is 2.50. The van der Waals surface area contributed by atoms with Gasteiger partial charge in [-0.2, -0.15) is 0 Å². The Morgan fingerprint density at radius 3 is 2.65 bits per heavy atom. The molecule has 1 aliphatic heterocycles. The number of amides is 3. The van der Waals surface area contributed by atoms with Crippen molar-refractivity contribution in [3.63, 3.8) is 0 Å². The molecule has 0 radical (unpaired) electrons. The maximum Gasteiger partial charge on any atom is 0.321 e. The second kappa shape index (κ2) is 7.82. The lowest BCUT2D eigenvalue weighted by molar-refractivity contribution is -0.118. The van der Waals surface area contributed by atoms with Gasteiger partial charge in [-0.25, -0.2) is 4.79 Å². The minimum absolute atomic E-state index is 0.150. The third-order valence-corrected chi connectivity index (χ3v) is 3.72. The van der Waals surface area contributed by atoms with Gasteiger partial charge in [0.05, 0.1) is 30.6 Å². The van der Waals surface area contributed by atoms with Crippen LogP contribution in [-0.2, 0) is 9.53 Å². The molecular formula is C16H24N4O3. The number of benzene rings is 1. The number of hydrogen-bond donors (Lipinski definition) is 2. The normalized spacial score (nSPS) is 14.9. The smallest absolute Gasteiger partial charge is 0.321 e. The zero-order valence-corrected chi connectivity index (χ0v) is 13.8. The number of methoxy groups -OCH3 is 1. The summed E-state index contributed by atoms with van der Waals surface area (Å²) in [5.74, 6) is -0.327. The van der Waals surface area contributed by atoms with Crippen LogP contribution in [0.1, 0.15) is 6.92 Å². The van der Waals surface area contributed by atoms with Crippen molar-refractivity contribution in [3.05, 3.63) is 24.3 Å². The molecule has 1 atom stereocenters. The number of para-hydroxylation sites is 2. The van der Waals surface area contributed by atoms with Gasteiger partial charge < -0.3 is 19.9 Å². The standard InChI is InChI=1S/C16H24N4O3/c1-12(11-23-3)17-16(22)18-15(21)10-20-9-8-19(2)13-6-4-5-7-14(13)20/h4-7,12H,8-11H2,1-3H3,(H2,17,18,21,22)/t12-/m1/s1. The molecule has 1 aliphatic rings. The first-order valence-electron chi connectivity index (χ1n) is 7.65. The van der Waals surface area contributed by atoms with Crippen molar-refractivity contribution in [2.75, 3.05) is 50.2 Å². The van der Waals surface area contributed by atoms with E-state index >= 15 is 0 Å². The second-order valence-electron chi connectivity index (χ2n) is 5.71. The van der Waals surface area contributed by atoms with Gasteiger partial charge in [-0.05, 0) is 19.1 Å². The Morgan fingerprint density at radius 1 is 1.26 bits per heavy atom. The molecule has 0 unspecified atom stereocenters. The van der Waals surface area contributed by atoms with E-state index < -0.39 is 6.03 Å². The Morgan fingerprint density at radius 2 is 1.96 bits per heavy atom. The molecule has 1 heterocycles. The molecule has 7 nitrogen and oxygen atoms in total. The Hall–Kier alpha value is -2.28. The molecule has 0 saturated carbocycles. The summed E-state index contributed by atoms with van der Waals surface area (Å²) < 4.78 is 4.94. The quantitative estimate of drug-likeness (QED) is 0.840. The van der Waals surface area contributed by atoms with Gasteiger partial charge >= 0.3 is 6.03 Å². The van der Waals surface area contributed by atoms with E-state index in [1.165, 1.54) is 0 Å². The molecule has 23 heavy (non-hydrogen) atoms. The summed E-state index contributed by atoms with van der Waals surface area (Å²) in [7, 11) is 3.59. The van der Waals surface area contributed by atoms with Crippen LogP contribution in [0, 0.1) is 0 Å². The van der Waals surface area contributed by atoms with Crippen LogP contribution < -0.4 is 20.4 Å². The summed E-state index contributed by atoms with van der Waals surface area (Å²) in [4.78, 5) is 28.0. The zero-order valence-electron chi connectivity index (χ0n) is 13.8. The number of carbonyl (C=O) groups excluding carboxylic acids is 2. The fourth-order valence-electron chi connectivity index (χ4n) is 2.62. The molecule has 0 spiro atoms. The zero-order chi connectivity index (χ0) is 16.8. The van der Waals surface area contributed by atoms with Crippen LogP contribution >= 0.6 is 0 Å². The summed E-state index contributed by atoms with van der Waals surface area (Å²) in [6.45, 7) is 3.93. The van der Waals surface area contributed by atoms with Gasteiger partial charge in [0.25, 0.3) is 0 Å². The first-order valence-corrected chi connectivity index (χ1v) is 7.65. The van der Waals surface area contributed by atoms with Crippen molar-refractivity contribution in [1.29, 1.82) is 0 Å². The molecule has 1 aromatic carbocycles. The Labute approximate surface area is 136 Å². The van der Waals surface area contributed by atoms with E-state index in [4.69, 9.17) is 4.74 Å². The third-order valence-electron chi connectivity index (χ3n) is 3.72. The summed E-state index contributed by atoms with van der Waals surface area (Å²) in [5, 5.41) is 5.01.